The summed E-state index contributed by atoms with van der Waals surface area (Å²) in [7, 11) is 5.97. The predicted octanol–water partition coefficient (Wildman–Crippen LogP) is 2.43. The molecule has 6 heteroatoms. The summed E-state index contributed by atoms with van der Waals surface area (Å²) in [6.45, 7) is 5.07. The Morgan fingerprint density at radius 2 is 2.08 bits per heavy atom. The highest BCUT2D eigenvalue weighted by Gasteiger charge is 2.46. The van der Waals surface area contributed by atoms with Crippen LogP contribution < -0.4 is 4.74 Å². The summed E-state index contributed by atoms with van der Waals surface area (Å²) in [4.78, 5) is 18.1. The van der Waals surface area contributed by atoms with E-state index in [9.17, 15) is 4.79 Å². The highest BCUT2D eigenvalue weighted by atomic mass is 16.6. The lowest BCUT2D eigenvalue weighted by molar-refractivity contribution is -0.0115. The molecule has 2 heterocycles. The molecule has 3 rings (SSSR count). The van der Waals surface area contributed by atoms with Crippen LogP contribution in [-0.2, 0) is 11.3 Å². The van der Waals surface area contributed by atoms with E-state index in [1.54, 1.807) is 4.90 Å². The maximum atomic E-state index is 11.8. The largest absolute Gasteiger partial charge is 0.493 e. The number of hydrogen-bond acceptors (Lipinski definition) is 5. The van der Waals surface area contributed by atoms with Gasteiger partial charge in [0.05, 0.1) is 13.2 Å². The molecule has 6 nitrogen and oxygen atoms in total. The number of carbonyl (C=O) groups excluding carboxylic acids is 1. The number of likely N-dealkylation sites (N-methyl/N-ethyl adjacent to an activating group) is 1. The van der Waals surface area contributed by atoms with E-state index in [4.69, 9.17) is 9.47 Å². The standard InChI is InChI=1S/C20H31N3O3/c1-21(2)11-7-13-25-18-9-5-4-8-17(18)14-23-12-6-10-20(16-23)15-22(3)19(24)26-20/h4-5,8-9H,6-7,10-16H2,1-3H3. The molecule has 0 saturated carbocycles. The molecular weight excluding hydrogens is 330 g/mol. The SMILES string of the molecule is CN(C)CCCOc1ccccc1CN1CCCC2(C1)CN(C)C(=O)O2. The van der Waals surface area contributed by atoms with E-state index in [1.807, 2.05) is 19.2 Å². The van der Waals surface area contributed by atoms with Crippen molar-refractivity contribution in [2.45, 2.75) is 31.4 Å². The highest BCUT2D eigenvalue weighted by molar-refractivity contribution is 5.70. The second-order valence-corrected chi connectivity index (χ2v) is 7.83. The van der Waals surface area contributed by atoms with Gasteiger partial charge in [-0.3, -0.25) is 4.90 Å². The molecule has 0 bridgehead atoms. The van der Waals surface area contributed by atoms with E-state index in [0.717, 1.165) is 57.8 Å². The Hall–Kier alpha value is -1.79. The smallest absolute Gasteiger partial charge is 0.410 e. The Bertz CT molecular complexity index is 622. The van der Waals surface area contributed by atoms with Crippen LogP contribution in [0.4, 0.5) is 4.79 Å². The Labute approximate surface area is 156 Å². The van der Waals surface area contributed by atoms with Crippen molar-refractivity contribution in [3.63, 3.8) is 0 Å². The van der Waals surface area contributed by atoms with Crippen LogP contribution >= 0.6 is 0 Å². The van der Waals surface area contributed by atoms with E-state index < -0.39 is 0 Å². The van der Waals surface area contributed by atoms with Crippen LogP contribution in [0.3, 0.4) is 0 Å². The molecule has 26 heavy (non-hydrogen) atoms. The second kappa shape index (κ2) is 8.27. The minimum absolute atomic E-state index is 0.198. The number of likely N-dealkylation sites (tertiary alicyclic amines) is 1. The average Bonchev–Trinajstić information content (AvgIpc) is 2.86. The molecule has 0 aromatic heterocycles. The number of amides is 1. The van der Waals surface area contributed by atoms with Gasteiger partial charge in [-0.15, -0.1) is 0 Å². The average molecular weight is 361 g/mol. The zero-order valence-corrected chi connectivity index (χ0v) is 16.2. The van der Waals surface area contributed by atoms with Gasteiger partial charge in [-0.1, -0.05) is 18.2 Å². The molecule has 1 amide bonds. The quantitative estimate of drug-likeness (QED) is 0.698. The zero-order chi connectivity index (χ0) is 18.6. The molecule has 2 aliphatic rings. The lowest BCUT2D eigenvalue weighted by Gasteiger charge is -2.38. The normalized spacial score (nSPS) is 23.7. The Morgan fingerprint density at radius 3 is 2.81 bits per heavy atom. The maximum absolute atomic E-state index is 11.8. The molecule has 144 valence electrons. The van der Waals surface area contributed by atoms with Crippen molar-refractivity contribution in [3.05, 3.63) is 29.8 Å². The third kappa shape index (κ3) is 4.68. The molecule has 2 aliphatic heterocycles. The summed E-state index contributed by atoms with van der Waals surface area (Å²) in [5.74, 6) is 0.964. The first kappa shape index (κ1) is 19.0. The molecule has 0 aliphatic carbocycles. The van der Waals surface area contributed by atoms with Gasteiger partial charge in [0.2, 0.25) is 0 Å². The molecule has 0 radical (unpaired) electrons. The number of benzene rings is 1. The van der Waals surface area contributed by atoms with E-state index >= 15 is 0 Å². The lowest BCUT2D eigenvalue weighted by atomic mass is 9.92. The van der Waals surface area contributed by atoms with Crippen LogP contribution in [0.15, 0.2) is 24.3 Å². The summed E-state index contributed by atoms with van der Waals surface area (Å²) in [6, 6.07) is 8.27. The first-order valence-corrected chi connectivity index (χ1v) is 9.49. The van der Waals surface area contributed by atoms with Crippen molar-refractivity contribution in [1.29, 1.82) is 0 Å². The van der Waals surface area contributed by atoms with Crippen LogP contribution in [0, 0.1) is 0 Å². The lowest BCUT2D eigenvalue weighted by Crippen LogP contribution is -2.50. The van der Waals surface area contributed by atoms with Crippen LogP contribution in [0.2, 0.25) is 0 Å². The first-order chi connectivity index (χ1) is 12.5. The molecule has 1 aromatic carbocycles. The van der Waals surface area contributed by atoms with Gasteiger partial charge in [0, 0.05) is 32.2 Å². The zero-order valence-electron chi connectivity index (χ0n) is 16.2. The van der Waals surface area contributed by atoms with Gasteiger partial charge < -0.3 is 19.3 Å². The topological polar surface area (TPSA) is 45.2 Å². The van der Waals surface area contributed by atoms with Gasteiger partial charge in [0.15, 0.2) is 0 Å². The number of para-hydroxylation sites is 1. The van der Waals surface area contributed by atoms with Crippen LogP contribution in [-0.4, -0.2) is 80.3 Å². The fraction of sp³-hybridized carbons (Fsp3) is 0.650. The Kier molecular flexibility index (Phi) is 6.04. The van der Waals surface area contributed by atoms with Crippen molar-refractivity contribution < 1.29 is 14.3 Å². The van der Waals surface area contributed by atoms with Gasteiger partial charge in [-0.25, -0.2) is 4.79 Å². The first-order valence-electron chi connectivity index (χ1n) is 9.49. The molecule has 1 atom stereocenters. The van der Waals surface area contributed by atoms with Crippen molar-refractivity contribution >= 4 is 6.09 Å². The number of piperidine rings is 1. The van der Waals surface area contributed by atoms with Gasteiger partial charge in [0.25, 0.3) is 0 Å². The molecule has 2 fully saturated rings. The third-order valence-corrected chi connectivity index (χ3v) is 5.13. The van der Waals surface area contributed by atoms with Gasteiger partial charge in [-0.05, 0) is 46.0 Å². The predicted molar refractivity (Wildman–Crippen MR) is 101 cm³/mol. The van der Waals surface area contributed by atoms with E-state index in [2.05, 4.69) is 36.0 Å². The summed E-state index contributed by atoms with van der Waals surface area (Å²) >= 11 is 0. The van der Waals surface area contributed by atoms with Crippen molar-refractivity contribution in [2.24, 2.45) is 0 Å². The number of hydrogen-bond donors (Lipinski definition) is 0. The van der Waals surface area contributed by atoms with Crippen molar-refractivity contribution in [1.82, 2.24) is 14.7 Å². The van der Waals surface area contributed by atoms with Crippen molar-refractivity contribution in [3.8, 4) is 5.75 Å². The highest BCUT2D eigenvalue weighted by Crippen LogP contribution is 2.32. The number of ether oxygens (including phenoxy) is 2. The molecular formula is C20H31N3O3. The van der Waals surface area contributed by atoms with E-state index in [1.165, 1.54) is 5.56 Å². The summed E-state index contributed by atoms with van der Waals surface area (Å²) in [5.41, 5.74) is 0.859. The number of rotatable bonds is 7. The minimum Gasteiger partial charge on any atom is -0.493 e. The Morgan fingerprint density at radius 1 is 1.27 bits per heavy atom. The summed E-state index contributed by atoms with van der Waals surface area (Å²) in [5, 5.41) is 0. The Balaban J connectivity index is 1.59. The van der Waals surface area contributed by atoms with Crippen LogP contribution in [0.1, 0.15) is 24.8 Å². The van der Waals surface area contributed by atoms with E-state index in [-0.39, 0.29) is 11.7 Å². The molecule has 0 N–H and O–H groups in total. The maximum Gasteiger partial charge on any atom is 0.410 e. The number of nitrogens with zero attached hydrogens (tertiary/aromatic N) is 3. The fourth-order valence-electron chi connectivity index (χ4n) is 3.91. The van der Waals surface area contributed by atoms with E-state index in [0.29, 0.717) is 6.54 Å². The third-order valence-electron chi connectivity index (χ3n) is 5.13. The minimum atomic E-state index is -0.342. The molecule has 1 unspecified atom stereocenters. The molecule has 2 saturated heterocycles. The molecule has 1 aromatic rings. The number of carbonyl (C=O) groups is 1. The molecule has 1 spiro atoms. The fourth-order valence-corrected chi connectivity index (χ4v) is 3.91. The van der Waals surface area contributed by atoms with Crippen LogP contribution in [0.25, 0.3) is 0 Å². The van der Waals surface area contributed by atoms with Crippen molar-refractivity contribution in [2.75, 3.05) is 53.9 Å². The van der Waals surface area contributed by atoms with Gasteiger partial charge in [0.1, 0.15) is 11.4 Å². The van der Waals surface area contributed by atoms with Crippen LogP contribution in [0.5, 0.6) is 5.75 Å². The monoisotopic (exact) mass is 361 g/mol. The summed E-state index contributed by atoms with van der Waals surface area (Å²) in [6.07, 6.45) is 2.81. The van der Waals surface area contributed by atoms with Gasteiger partial charge in [-0.2, -0.15) is 0 Å². The van der Waals surface area contributed by atoms with Gasteiger partial charge >= 0.3 is 6.09 Å². The second-order valence-electron chi connectivity index (χ2n) is 7.83. The summed E-state index contributed by atoms with van der Waals surface area (Å²) < 4.78 is 11.7.